The predicted octanol–water partition coefficient (Wildman–Crippen LogP) is 1.47. The maximum Gasteiger partial charge on any atom is 0.128 e. The van der Waals surface area contributed by atoms with Crippen molar-refractivity contribution in [2.45, 2.75) is 5.03 Å². The smallest absolute Gasteiger partial charge is 0.128 e. The van der Waals surface area contributed by atoms with Crippen LogP contribution in [0.3, 0.4) is 0 Å². The fraction of sp³-hybridized carbons (Fsp3) is 0.167. The van der Waals surface area contributed by atoms with Gasteiger partial charge in [-0.1, -0.05) is 11.6 Å². The molecule has 0 aliphatic heterocycles. The molecule has 10 heavy (non-hydrogen) atoms. The van der Waals surface area contributed by atoms with E-state index in [2.05, 4.69) is 4.98 Å². The van der Waals surface area contributed by atoms with Crippen molar-refractivity contribution in [3.8, 4) is 0 Å². The van der Waals surface area contributed by atoms with Crippen molar-refractivity contribution in [2.24, 2.45) is 0 Å². The van der Waals surface area contributed by atoms with Gasteiger partial charge in [0.1, 0.15) is 5.03 Å². The van der Waals surface area contributed by atoms with Gasteiger partial charge in [0, 0.05) is 17.5 Å². The summed E-state index contributed by atoms with van der Waals surface area (Å²) in [5, 5.41) is 1.09. The summed E-state index contributed by atoms with van der Waals surface area (Å²) in [6, 6.07) is 3.25. The summed E-state index contributed by atoms with van der Waals surface area (Å²) >= 11 is 5.61. The van der Waals surface area contributed by atoms with Crippen LogP contribution in [0.25, 0.3) is 0 Å². The average Bonchev–Trinajstić information content (AvgIpc) is 1.88. The highest BCUT2D eigenvalue weighted by molar-refractivity contribution is 7.84. The van der Waals surface area contributed by atoms with Crippen LogP contribution in [-0.4, -0.2) is 15.4 Å². The zero-order valence-corrected chi connectivity index (χ0v) is 6.95. The molecule has 1 rings (SSSR count). The first kappa shape index (κ1) is 7.69. The second-order valence-corrected chi connectivity index (χ2v) is 3.53. The van der Waals surface area contributed by atoms with E-state index in [0.29, 0.717) is 10.0 Å². The molecule has 1 aromatic rings. The molecular formula is C6H6ClNOS. The van der Waals surface area contributed by atoms with Crippen LogP contribution in [-0.2, 0) is 10.8 Å². The molecular weight excluding hydrogens is 170 g/mol. The van der Waals surface area contributed by atoms with Crippen molar-refractivity contribution < 1.29 is 4.21 Å². The highest BCUT2D eigenvalue weighted by atomic mass is 35.5. The minimum atomic E-state index is -1.03. The van der Waals surface area contributed by atoms with Gasteiger partial charge in [-0.25, -0.2) is 4.98 Å². The molecule has 0 aliphatic carbocycles. The van der Waals surface area contributed by atoms with Gasteiger partial charge in [0.2, 0.25) is 0 Å². The van der Waals surface area contributed by atoms with E-state index in [9.17, 15) is 4.21 Å². The first-order valence-corrected chi connectivity index (χ1v) is 4.59. The first-order valence-electron chi connectivity index (χ1n) is 2.65. The monoisotopic (exact) mass is 175 g/mol. The maximum atomic E-state index is 10.8. The van der Waals surface area contributed by atoms with Crippen molar-refractivity contribution in [3.63, 3.8) is 0 Å². The van der Waals surface area contributed by atoms with Gasteiger partial charge in [0.05, 0.1) is 10.8 Å². The van der Waals surface area contributed by atoms with Crippen molar-refractivity contribution in [2.75, 3.05) is 6.26 Å². The highest BCUT2D eigenvalue weighted by Crippen LogP contribution is 2.09. The Kier molecular flexibility index (Phi) is 2.40. The molecule has 0 saturated heterocycles. The van der Waals surface area contributed by atoms with Gasteiger partial charge in [0.15, 0.2) is 0 Å². The van der Waals surface area contributed by atoms with Gasteiger partial charge >= 0.3 is 0 Å². The van der Waals surface area contributed by atoms with E-state index in [1.165, 1.54) is 0 Å². The van der Waals surface area contributed by atoms with Crippen molar-refractivity contribution in [1.82, 2.24) is 4.98 Å². The van der Waals surface area contributed by atoms with Crippen LogP contribution in [0.15, 0.2) is 23.4 Å². The summed E-state index contributed by atoms with van der Waals surface area (Å²) in [7, 11) is -1.03. The summed E-state index contributed by atoms with van der Waals surface area (Å²) < 4.78 is 10.8. The van der Waals surface area contributed by atoms with Crippen LogP contribution in [0.2, 0.25) is 5.02 Å². The van der Waals surface area contributed by atoms with E-state index in [4.69, 9.17) is 11.6 Å². The number of hydrogen-bond acceptors (Lipinski definition) is 2. The zero-order valence-electron chi connectivity index (χ0n) is 5.37. The van der Waals surface area contributed by atoms with Gasteiger partial charge < -0.3 is 0 Å². The van der Waals surface area contributed by atoms with E-state index >= 15 is 0 Å². The minimum Gasteiger partial charge on any atom is -0.253 e. The number of rotatable bonds is 1. The van der Waals surface area contributed by atoms with Crippen LogP contribution in [0.1, 0.15) is 0 Å². The zero-order chi connectivity index (χ0) is 7.56. The van der Waals surface area contributed by atoms with E-state index in [1.807, 2.05) is 0 Å². The van der Waals surface area contributed by atoms with Crippen molar-refractivity contribution in [3.05, 3.63) is 23.4 Å². The van der Waals surface area contributed by atoms with Crippen molar-refractivity contribution >= 4 is 22.4 Å². The van der Waals surface area contributed by atoms with Gasteiger partial charge in [0.25, 0.3) is 0 Å². The fourth-order valence-electron chi connectivity index (χ4n) is 0.542. The Bertz CT molecular complexity index is 264. The summed E-state index contributed by atoms with van der Waals surface area (Å²) in [6.07, 6.45) is 3.11. The number of hydrogen-bond donors (Lipinski definition) is 0. The molecule has 2 nitrogen and oxygen atoms in total. The van der Waals surface area contributed by atoms with Crippen LogP contribution < -0.4 is 0 Å². The third-order valence-corrected chi connectivity index (χ3v) is 2.04. The van der Waals surface area contributed by atoms with Gasteiger partial charge in [-0.2, -0.15) is 0 Å². The molecule has 0 amide bonds. The highest BCUT2D eigenvalue weighted by Gasteiger charge is 1.97. The molecule has 4 heteroatoms. The Labute approximate surface area is 66.7 Å². The maximum absolute atomic E-state index is 10.8. The SMILES string of the molecule is CS(=O)c1cc(Cl)ccn1. The molecule has 0 saturated carbocycles. The summed E-state index contributed by atoms with van der Waals surface area (Å²) in [6.45, 7) is 0. The Morgan fingerprint density at radius 3 is 2.80 bits per heavy atom. The molecule has 1 unspecified atom stereocenters. The Morgan fingerprint density at radius 2 is 2.40 bits per heavy atom. The van der Waals surface area contributed by atoms with Gasteiger partial charge in [-0.05, 0) is 12.1 Å². The number of halogens is 1. The van der Waals surface area contributed by atoms with Crippen LogP contribution in [0.4, 0.5) is 0 Å². The largest absolute Gasteiger partial charge is 0.253 e. The number of nitrogens with zero attached hydrogens (tertiary/aromatic N) is 1. The predicted molar refractivity (Wildman–Crippen MR) is 41.6 cm³/mol. The van der Waals surface area contributed by atoms with E-state index in [-0.39, 0.29) is 0 Å². The van der Waals surface area contributed by atoms with Crippen LogP contribution >= 0.6 is 11.6 Å². The Morgan fingerprint density at radius 1 is 1.70 bits per heavy atom. The van der Waals surface area contributed by atoms with E-state index in [1.54, 1.807) is 24.6 Å². The lowest BCUT2D eigenvalue weighted by Crippen LogP contribution is -1.89. The van der Waals surface area contributed by atoms with E-state index in [0.717, 1.165) is 0 Å². The Hall–Kier alpha value is -0.410. The number of pyridine rings is 1. The second kappa shape index (κ2) is 3.12. The standard InChI is InChI=1S/C6H6ClNOS/c1-10(9)6-4-5(7)2-3-8-6/h2-4H,1H3. The summed E-state index contributed by atoms with van der Waals surface area (Å²) in [5.74, 6) is 0. The topological polar surface area (TPSA) is 30.0 Å². The molecule has 0 aliphatic rings. The Balaban J connectivity index is 3.07. The molecule has 1 heterocycles. The van der Waals surface area contributed by atoms with Crippen LogP contribution in [0, 0.1) is 0 Å². The minimum absolute atomic E-state index is 0.521. The quantitative estimate of drug-likeness (QED) is 0.647. The molecule has 0 spiro atoms. The molecule has 0 N–H and O–H groups in total. The molecule has 54 valence electrons. The lowest BCUT2D eigenvalue weighted by molar-refractivity contribution is 0.684. The molecule has 0 fully saturated rings. The number of aromatic nitrogens is 1. The van der Waals surface area contributed by atoms with Crippen LogP contribution in [0.5, 0.6) is 0 Å². The van der Waals surface area contributed by atoms with E-state index < -0.39 is 10.8 Å². The third kappa shape index (κ3) is 1.78. The molecule has 0 radical (unpaired) electrons. The lowest BCUT2D eigenvalue weighted by Gasteiger charge is -1.93. The first-order chi connectivity index (χ1) is 4.70. The third-order valence-electron chi connectivity index (χ3n) is 0.991. The lowest BCUT2D eigenvalue weighted by atomic mass is 10.5. The second-order valence-electron chi connectivity index (χ2n) is 1.77. The fourth-order valence-corrected chi connectivity index (χ4v) is 1.27. The molecule has 1 aromatic heterocycles. The molecule has 0 bridgehead atoms. The molecule has 0 aromatic carbocycles. The molecule has 1 atom stereocenters. The summed E-state index contributed by atoms with van der Waals surface area (Å²) in [5.41, 5.74) is 0. The van der Waals surface area contributed by atoms with Crippen molar-refractivity contribution in [1.29, 1.82) is 0 Å². The summed E-state index contributed by atoms with van der Waals surface area (Å²) in [4.78, 5) is 3.85. The normalized spacial score (nSPS) is 13.0. The average molecular weight is 176 g/mol. The van der Waals surface area contributed by atoms with Gasteiger partial charge in [-0.15, -0.1) is 0 Å². The van der Waals surface area contributed by atoms with Gasteiger partial charge in [-0.3, -0.25) is 4.21 Å².